The first-order valence-corrected chi connectivity index (χ1v) is 10.4. The second-order valence-corrected chi connectivity index (χ2v) is 8.00. The summed E-state index contributed by atoms with van der Waals surface area (Å²) in [6, 6.07) is 23.1. The molecule has 1 N–H and O–H groups in total. The van der Waals surface area contributed by atoms with Crippen molar-refractivity contribution in [3.8, 4) is 16.8 Å². The molecule has 142 valence electrons. The Morgan fingerprint density at radius 2 is 1.76 bits per heavy atom. The number of hydrogen-bond acceptors (Lipinski definition) is 4. The third kappa shape index (κ3) is 3.41. The van der Waals surface area contributed by atoms with Crippen LogP contribution in [0.1, 0.15) is 10.4 Å². The highest BCUT2D eigenvalue weighted by atomic mass is 32.1. The van der Waals surface area contributed by atoms with E-state index in [-0.39, 0.29) is 0 Å². The van der Waals surface area contributed by atoms with E-state index in [0.29, 0.717) is 0 Å². The Morgan fingerprint density at radius 1 is 0.931 bits per heavy atom. The molecule has 0 saturated heterocycles. The SMILES string of the molecule is Cc1ccc(-n2cc(-c3ccccc3)c3c(NCc4cccs4)ncnc32)cc1. The highest BCUT2D eigenvalue weighted by Crippen LogP contribution is 2.35. The highest BCUT2D eigenvalue weighted by molar-refractivity contribution is 7.09. The lowest BCUT2D eigenvalue weighted by Crippen LogP contribution is -2.02. The maximum Gasteiger partial charge on any atom is 0.150 e. The van der Waals surface area contributed by atoms with Crippen LogP contribution in [0, 0.1) is 6.92 Å². The van der Waals surface area contributed by atoms with Gasteiger partial charge in [-0.05, 0) is 36.1 Å². The van der Waals surface area contributed by atoms with E-state index < -0.39 is 0 Å². The predicted molar refractivity (Wildman–Crippen MR) is 121 cm³/mol. The molecule has 0 spiro atoms. The molecule has 5 heteroatoms. The van der Waals surface area contributed by atoms with E-state index in [1.807, 2.05) is 6.07 Å². The van der Waals surface area contributed by atoms with Gasteiger partial charge in [0.25, 0.3) is 0 Å². The van der Waals surface area contributed by atoms with Gasteiger partial charge in [0.05, 0.1) is 11.9 Å². The van der Waals surface area contributed by atoms with Crippen LogP contribution >= 0.6 is 11.3 Å². The summed E-state index contributed by atoms with van der Waals surface area (Å²) in [5.74, 6) is 0.855. The van der Waals surface area contributed by atoms with Crippen molar-refractivity contribution >= 4 is 28.2 Å². The summed E-state index contributed by atoms with van der Waals surface area (Å²) in [5.41, 5.74) is 5.50. The van der Waals surface area contributed by atoms with Crippen molar-refractivity contribution in [2.45, 2.75) is 13.5 Å². The second kappa shape index (κ2) is 7.53. The zero-order chi connectivity index (χ0) is 19.6. The fraction of sp³-hybridized carbons (Fsp3) is 0.0833. The standard InChI is InChI=1S/C24H20N4S/c1-17-9-11-19(12-10-17)28-15-21(18-6-3-2-4-7-18)22-23(26-16-27-24(22)28)25-14-20-8-5-13-29-20/h2-13,15-16H,14H2,1H3,(H,25,26,27). The molecule has 0 fully saturated rings. The minimum atomic E-state index is 0.744. The minimum absolute atomic E-state index is 0.744. The average molecular weight is 397 g/mol. The zero-order valence-corrected chi connectivity index (χ0v) is 16.9. The van der Waals surface area contributed by atoms with E-state index in [2.05, 4.69) is 99.0 Å². The van der Waals surface area contributed by atoms with Gasteiger partial charge in [0.15, 0.2) is 5.65 Å². The molecule has 0 aliphatic heterocycles. The van der Waals surface area contributed by atoms with Crippen LogP contribution in [-0.4, -0.2) is 14.5 Å². The highest BCUT2D eigenvalue weighted by Gasteiger charge is 2.17. The van der Waals surface area contributed by atoms with Gasteiger partial charge in [-0.25, -0.2) is 9.97 Å². The molecule has 0 amide bonds. The summed E-state index contributed by atoms with van der Waals surface area (Å²) in [4.78, 5) is 10.5. The number of nitrogens with one attached hydrogen (secondary N) is 1. The number of aromatic nitrogens is 3. The van der Waals surface area contributed by atoms with Crippen LogP contribution in [-0.2, 0) is 6.54 Å². The molecule has 29 heavy (non-hydrogen) atoms. The average Bonchev–Trinajstić information content (AvgIpc) is 3.42. The molecule has 3 heterocycles. The molecular formula is C24H20N4S. The lowest BCUT2D eigenvalue weighted by atomic mass is 10.1. The van der Waals surface area contributed by atoms with E-state index in [9.17, 15) is 0 Å². The van der Waals surface area contributed by atoms with Gasteiger partial charge in [-0.3, -0.25) is 0 Å². The first-order valence-electron chi connectivity index (χ1n) is 9.54. The Labute approximate surface area is 173 Å². The van der Waals surface area contributed by atoms with E-state index in [4.69, 9.17) is 0 Å². The summed E-state index contributed by atoms with van der Waals surface area (Å²) in [5, 5.41) is 6.65. The van der Waals surface area contributed by atoms with Crippen molar-refractivity contribution < 1.29 is 0 Å². The number of hydrogen-bond donors (Lipinski definition) is 1. The monoisotopic (exact) mass is 396 g/mol. The molecule has 0 aliphatic carbocycles. The molecule has 0 atom stereocenters. The van der Waals surface area contributed by atoms with Crippen LogP contribution in [0.5, 0.6) is 0 Å². The molecule has 3 aromatic heterocycles. The Hall–Kier alpha value is -3.44. The third-order valence-electron chi connectivity index (χ3n) is 4.99. The number of anilines is 1. The van der Waals surface area contributed by atoms with Gasteiger partial charge in [0.2, 0.25) is 0 Å². The number of rotatable bonds is 5. The molecule has 2 aromatic carbocycles. The Bertz CT molecular complexity index is 1240. The van der Waals surface area contributed by atoms with E-state index in [1.165, 1.54) is 10.4 Å². The fourth-order valence-corrected chi connectivity index (χ4v) is 4.16. The first-order chi connectivity index (χ1) is 14.3. The van der Waals surface area contributed by atoms with Crippen molar-refractivity contribution in [3.05, 3.63) is 95.1 Å². The van der Waals surface area contributed by atoms with Gasteiger partial charge in [-0.15, -0.1) is 11.3 Å². The smallest absolute Gasteiger partial charge is 0.150 e. The summed E-state index contributed by atoms with van der Waals surface area (Å²) in [6.45, 7) is 2.84. The normalized spacial score (nSPS) is 11.1. The maximum atomic E-state index is 4.65. The van der Waals surface area contributed by atoms with Crippen molar-refractivity contribution in [2.75, 3.05) is 5.32 Å². The van der Waals surface area contributed by atoms with Crippen molar-refractivity contribution in [1.29, 1.82) is 0 Å². The molecule has 5 aromatic rings. The van der Waals surface area contributed by atoms with Crippen LogP contribution in [0.3, 0.4) is 0 Å². The Balaban J connectivity index is 1.69. The van der Waals surface area contributed by atoms with Crippen molar-refractivity contribution in [1.82, 2.24) is 14.5 Å². The predicted octanol–water partition coefficient (Wildman–Crippen LogP) is 6.07. The van der Waals surface area contributed by atoms with E-state index in [0.717, 1.165) is 40.2 Å². The quantitative estimate of drug-likeness (QED) is 0.392. The Kier molecular flexibility index (Phi) is 4.58. The number of thiophene rings is 1. The third-order valence-corrected chi connectivity index (χ3v) is 5.87. The van der Waals surface area contributed by atoms with E-state index in [1.54, 1.807) is 17.7 Å². The summed E-state index contributed by atoms with van der Waals surface area (Å²) in [7, 11) is 0. The molecule has 0 radical (unpaired) electrons. The van der Waals surface area contributed by atoms with Crippen LogP contribution in [0.2, 0.25) is 0 Å². The topological polar surface area (TPSA) is 42.7 Å². The summed E-state index contributed by atoms with van der Waals surface area (Å²) >= 11 is 1.74. The molecular weight excluding hydrogens is 376 g/mol. The minimum Gasteiger partial charge on any atom is -0.364 e. The van der Waals surface area contributed by atoms with Crippen LogP contribution < -0.4 is 5.32 Å². The first kappa shape index (κ1) is 17.6. The van der Waals surface area contributed by atoms with Gasteiger partial charge in [-0.2, -0.15) is 0 Å². The number of fused-ring (bicyclic) bond motifs is 1. The summed E-state index contributed by atoms with van der Waals surface area (Å²) in [6.07, 6.45) is 3.80. The van der Waals surface area contributed by atoms with Gasteiger partial charge in [-0.1, -0.05) is 54.1 Å². The summed E-state index contributed by atoms with van der Waals surface area (Å²) < 4.78 is 2.15. The van der Waals surface area contributed by atoms with Gasteiger partial charge < -0.3 is 9.88 Å². The van der Waals surface area contributed by atoms with Crippen molar-refractivity contribution in [3.63, 3.8) is 0 Å². The molecule has 0 unspecified atom stereocenters. The van der Waals surface area contributed by atoms with Gasteiger partial charge in [0, 0.05) is 22.3 Å². The number of nitrogens with zero attached hydrogens (tertiary/aromatic N) is 3. The molecule has 5 rings (SSSR count). The Morgan fingerprint density at radius 3 is 2.52 bits per heavy atom. The lowest BCUT2D eigenvalue weighted by Gasteiger charge is -2.08. The second-order valence-electron chi connectivity index (χ2n) is 6.97. The fourth-order valence-electron chi connectivity index (χ4n) is 3.52. The van der Waals surface area contributed by atoms with Crippen molar-refractivity contribution in [2.24, 2.45) is 0 Å². The molecule has 0 aliphatic rings. The number of aryl methyl sites for hydroxylation is 1. The van der Waals surface area contributed by atoms with Crippen LogP contribution in [0.25, 0.3) is 27.8 Å². The molecule has 4 nitrogen and oxygen atoms in total. The molecule has 0 saturated carbocycles. The van der Waals surface area contributed by atoms with Gasteiger partial charge >= 0.3 is 0 Å². The van der Waals surface area contributed by atoms with Crippen LogP contribution in [0.15, 0.2) is 84.6 Å². The maximum absolute atomic E-state index is 4.65. The van der Waals surface area contributed by atoms with Crippen LogP contribution in [0.4, 0.5) is 5.82 Å². The molecule has 0 bridgehead atoms. The largest absolute Gasteiger partial charge is 0.364 e. The lowest BCUT2D eigenvalue weighted by molar-refractivity contribution is 1.06. The zero-order valence-electron chi connectivity index (χ0n) is 16.0. The van der Waals surface area contributed by atoms with Gasteiger partial charge in [0.1, 0.15) is 12.1 Å². The van der Waals surface area contributed by atoms with E-state index >= 15 is 0 Å². The number of benzene rings is 2.